The van der Waals surface area contributed by atoms with Crippen molar-refractivity contribution in [1.29, 1.82) is 0 Å². The van der Waals surface area contributed by atoms with Crippen LogP contribution in [0.25, 0.3) is 94.3 Å². The highest BCUT2D eigenvalue weighted by Crippen LogP contribution is 2.39. The van der Waals surface area contributed by atoms with Gasteiger partial charge < -0.3 is 9.47 Å². The van der Waals surface area contributed by atoms with Gasteiger partial charge in [0, 0.05) is 33.5 Å². The largest absolute Gasteiger partial charge is 0.311 e. The zero-order valence-corrected chi connectivity index (χ0v) is 37.5. The van der Waals surface area contributed by atoms with Crippen molar-refractivity contribution in [3.05, 3.63) is 279 Å². The van der Waals surface area contributed by atoms with Crippen LogP contribution in [-0.2, 0) is 0 Å². The van der Waals surface area contributed by atoms with Crippen molar-refractivity contribution in [2.75, 3.05) is 4.90 Å². The van der Waals surface area contributed by atoms with Crippen LogP contribution >= 0.6 is 0 Å². The quantitative estimate of drug-likeness (QED) is 0.133. The van der Waals surface area contributed by atoms with E-state index in [0.717, 1.165) is 22.7 Å². The second-order valence-electron chi connectivity index (χ2n) is 17.4. The van der Waals surface area contributed by atoms with E-state index in [9.17, 15) is 0 Å². The molecule has 0 saturated carbocycles. The van der Waals surface area contributed by atoms with Crippen molar-refractivity contribution in [1.82, 2.24) is 4.57 Å². The molecule has 12 rings (SSSR count). The smallest absolute Gasteiger partial charge is 0.0541 e. The topological polar surface area (TPSA) is 8.17 Å². The van der Waals surface area contributed by atoms with Crippen molar-refractivity contribution in [2.45, 2.75) is 0 Å². The van der Waals surface area contributed by atoms with Gasteiger partial charge in [-0.1, -0.05) is 206 Å². The molecule has 0 atom stereocenters. The summed E-state index contributed by atoms with van der Waals surface area (Å²) in [6.07, 6.45) is 0. The summed E-state index contributed by atoms with van der Waals surface area (Å²) in [7, 11) is 0. The summed E-state index contributed by atoms with van der Waals surface area (Å²) in [5.74, 6) is 0. The lowest BCUT2D eigenvalue weighted by Crippen LogP contribution is -2.09. The van der Waals surface area contributed by atoms with Gasteiger partial charge in [-0.15, -0.1) is 0 Å². The van der Waals surface area contributed by atoms with Crippen LogP contribution in [0.15, 0.2) is 279 Å². The number of benzene rings is 11. The Balaban J connectivity index is 0.768. The van der Waals surface area contributed by atoms with Gasteiger partial charge in [0.05, 0.1) is 11.0 Å². The predicted octanol–water partition coefficient (Wildman–Crippen LogP) is 18.3. The first-order valence-electron chi connectivity index (χ1n) is 23.3. The van der Waals surface area contributed by atoms with Crippen LogP contribution in [-0.4, -0.2) is 4.57 Å². The van der Waals surface area contributed by atoms with E-state index in [0.29, 0.717) is 0 Å². The number of fused-ring (bicyclic) bond motifs is 3. The first-order chi connectivity index (χ1) is 33.7. The van der Waals surface area contributed by atoms with Gasteiger partial charge in [-0.25, -0.2) is 0 Å². The van der Waals surface area contributed by atoms with Gasteiger partial charge >= 0.3 is 0 Å². The molecule has 0 spiro atoms. The fourth-order valence-corrected chi connectivity index (χ4v) is 9.69. The first-order valence-corrected chi connectivity index (χ1v) is 23.3. The Kier molecular flexibility index (Phi) is 10.6. The van der Waals surface area contributed by atoms with E-state index >= 15 is 0 Å². The van der Waals surface area contributed by atoms with Crippen molar-refractivity contribution in [3.63, 3.8) is 0 Å². The molecular weight excluding hydrogens is 821 g/mol. The number of rotatable bonds is 10. The van der Waals surface area contributed by atoms with E-state index in [1.165, 1.54) is 88.6 Å². The maximum absolute atomic E-state index is 2.39. The third-order valence-electron chi connectivity index (χ3n) is 13.2. The van der Waals surface area contributed by atoms with Crippen molar-refractivity contribution in [2.24, 2.45) is 0 Å². The summed E-state index contributed by atoms with van der Waals surface area (Å²) < 4.78 is 2.39. The molecule has 2 nitrogen and oxygen atoms in total. The zero-order valence-electron chi connectivity index (χ0n) is 37.5. The fourth-order valence-electron chi connectivity index (χ4n) is 9.69. The lowest BCUT2D eigenvalue weighted by Gasteiger charge is -2.26. The van der Waals surface area contributed by atoms with Crippen LogP contribution in [0.5, 0.6) is 0 Å². The zero-order chi connectivity index (χ0) is 45.2. The Morgan fingerprint density at radius 3 is 0.824 bits per heavy atom. The second-order valence-corrected chi connectivity index (χ2v) is 17.4. The molecule has 68 heavy (non-hydrogen) atoms. The maximum atomic E-state index is 2.39. The molecule has 11 aromatic carbocycles. The molecule has 320 valence electrons. The molecule has 0 fully saturated rings. The number of nitrogens with zero attached hydrogens (tertiary/aromatic N) is 2. The molecule has 0 bridgehead atoms. The summed E-state index contributed by atoms with van der Waals surface area (Å²) >= 11 is 0. The van der Waals surface area contributed by atoms with E-state index in [1.54, 1.807) is 0 Å². The minimum absolute atomic E-state index is 1.11. The predicted molar refractivity (Wildman–Crippen MR) is 288 cm³/mol. The summed E-state index contributed by atoms with van der Waals surface area (Å²) in [4.78, 5) is 2.31. The van der Waals surface area contributed by atoms with Crippen LogP contribution in [0, 0.1) is 0 Å². The van der Waals surface area contributed by atoms with E-state index < -0.39 is 0 Å². The summed E-state index contributed by atoms with van der Waals surface area (Å²) in [5.41, 5.74) is 21.3. The normalized spacial score (nSPS) is 11.2. The molecule has 0 N–H and O–H groups in total. The number of aromatic nitrogens is 1. The Morgan fingerprint density at radius 1 is 0.206 bits per heavy atom. The fraction of sp³-hybridized carbons (Fsp3) is 0. The Hall–Kier alpha value is -8.98. The second kappa shape index (κ2) is 17.8. The number of hydrogen-bond acceptors (Lipinski definition) is 1. The van der Waals surface area contributed by atoms with Gasteiger partial charge in [-0.3, -0.25) is 0 Å². The molecule has 0 radical (unpaired) electrons. The summed E-state index contributed by atoms with van der Waals surface area (Å²) in [6, 6.07) is 101. The lowest BCUT2D eigenvalue weighted by molar-refractivity contribution is 1.18. The first kappa shape index (κ1) is 40.5. The highest BCUT2D eigenvalue weighted by atomic mass is 15.1. The minimum Gasteiger partial charge on any atom is -0.311 e. The Labute approximate surface area is 397 Å². The molecule has 0 amide bonds. The van der Waals surface area contributed by atoms with E-state index in [4.69, 9.17) is 0 Å². The molecule has 0 saturated heterocycles. The third-order valence-corrected chi connectivity index (χ3v) is 13.2. The van der Waals surface area contributed by atoms with Crippen molar-refractivity contribution >= 4 is 38.9 Å². The van der Waals surface area contributed by atoms with Gasteiger partial charge in [0.2, 0.25) is 0 Å². The van der Waals surface area contributed by atoms with Gasteiger partial charge in [-0.2, -0.15) is 0 Å². The summed E-state index contributed by atoms with van der Waals surface area (Å²) in [6.45, 7) is 0. The number of hydrogen-bond donors (Lipinski definition) is 0. The van der Waals surface area contributed by atoms with E-state index in [2.05, 4.69) is 289 Å². The molecule has 1 aromatic heterocycles. The highest BCUT2D eigenvalue weighted by Gasteiger charge is 2.16. The highest BCUT2D eigenvalue weighted by molar-refractivity contribution is 6.11. The molecule has 1 heterocycles. The lowest BCUT2D eigenvalue weighted by atomic mass is 9.96. The Bertz CT molecular complexity index is 3640. The molecule has 0 unspecified atom stereocenters. The van der Waals surface area contributed by atoms with Crippen LogP contribution in [0.4, 0.5) is 17.1 Å². The third kappa shape index (κ3) is 7.85. The summed E-state index contributed by atoms with van der Waals surface area (Å²) in [5, 5.41) is 2.50. The molecule has 0 aliphatic rings. The van der Waals surface area contributed by atoms with Gasteiger partial charge in [-0.05, 0) is 140 Å². The average molecular weight is 867 g/mol. The van der Waals surface area contributed by atoms with Crippen LogP contribution in [0.2, 0.25) is 0 Å². The minimum atomic E-state index is 1.11. The number of para-hydroxylation sites is 2. The van der Waals surface area contributed by atoms with Crippen molar-refractivity contribution in [3.8, 4) is 72.4 Å². The molecule has 2 heteroatoms. The molecule has 0 aliphatic carbocycles. The maximum Gasteiger partial charge on any atom is 0.0541 e. The van der Waals surface area contributed by atoms with Crippen molar-refractivity contribution < 1.29 is 0 Å². The standard InChI is InChI=1S/C66H46N2/c1-5-13-47(14-6-1)54-33-39-61(40-34-54)67(59-17-9-3-10-18-59)62-41-35-55(36-42-62)53-27-25-50(26-28-53)49-21-23-51(24-22-49)52-29-31-56(32-30-52)58-38-44-66-64(46-58)63-45-57(48-15-7-2-8-16-48)37-43-65(63)68(66)60-19-11-4-12-20-60/h1-46H. The van der Waals surface area contributed by atoms with Gasteiger partial charge in [0.15, 0.2) is 0 Å². The van der Waals surface area contributed by atoms with Crippen LogP contribution in [0.3, 0.4) is 0 Å². The average Bonchev–Trinajstić information content (AvgIpc) is 3.75. The SMILES string of the molecule is c1ccc(-c2ccc(N(c3ccccc3)c3ccc(-c4ccc(-c5ccc(-c6ccc(-c7ccc8c(c7)c7cc(-c9ccccc9)ccc7n8-c7ccccc7)cc6)cc5)cc4)cc3)cc2)cc1. The van der Waals surface area contributed by atoms with Crippen LogP contribution < -0.4 is 4.90 Å². The number of anilines is 3. The monoisotopic (exact) mass is 866 g/mol. The Morgan fingerprint density at radius 2 is 0.456 bits per heavy atom. The van der Waals surface area contributed by atoms with E-state index in [-0.39, 0.29) is 0 Å². The van der Waals surface area contributed by atoms with Gasteiger partial charge in [0.1, 0.15) is 0 Å². The van der Waals surface area contributed by atoms with Gasteiger partial charge in [0.25, 0.3) is 0 Å². The molecule has 0 aliphatic heterocycles. The molecule has 12 aromatic rings. The van der Waals surface area contributed by atoms with E-state index in [1.807, 2.05) is 0 Å². The molecular formula is C66H46N2. The van der Waals surface area contributed by atoms with Crippen LogP contribution in [0.1, 0.15) is 0 Å².